The summed E-state index contributed by atoms with van der Waals surface area (Å²) in [6.45, 7) is 6.38. The van der Waals surface area contributed by atoms with E-state index >= 15 is 0 Å². The Morgan fingerprint density at radius 1 is 1.03 bits per heavy atom. The number of aromatic nitrogens is 3. The van der Waals surface area contributed by atoms with Crippen LogP contribution in [0.25, 0.3) is 27.6 Å². The molecular formula is C24H21N3OS. The molecule has 5 heteroatoms. The fourth-order valence-corrected chi connectivity index (χ4v) is 4.65. The van der Waals surface area contributed by atoms with Gasteiger partial charge in [0.05, 0.1) is 22.6 Å². The van der Waals surface area contributed by atoms with E-state index in [0.29, 0.717) is 5.92 Å². The van der Waals surface area contributed by atoms with Crippen LogP contribution in [0, 0.1) is 12.8 Å². The third-order valence-electron chi connectivity index (χ3n) is 5.23. The second-order valence-electron chi connectivity index (χ2n) is 7.94. The normalized spacial score (nSPS) is 12.5. The SMILES string of the molecule is Cc1ccc(-c2csc(-n3nc(CC(C)C)c4c3-c3ccccc3C4=O)n2)cc1. The lowest BCUT2D eigenvalue weighted by atomic mass is 10.0. The summed E-state index contributed by atoms with van der Waals surface area (Å²) in [5.74, 6) is 0.492. The summed E-state index contributed by atoms with van der Waals surface area (Å²) in [6, 6.07) is 16.2. The lowest BCUT2D eigenvalue weighted by Crippen LogP contribution is -2.04. The van der Waals surface area contributed by atoms with Crippen molar-refractivity contribution in [3.63, 3.8) is 0 Å². The van der Waals surface area contributed by atoms with Gasteiger partial charge in [0.1, 0.15) is 0 Å². The Bertz CT molecular complexity index is 1230. The molecule has 29 heavy (non-hydrogen) atoms. The van der Waals surface area contributed by atoms with Crippen molar-refractivity contribution >= 4 is 17.1 Å². The molecule has 144 valence electrons. The Balaban J connectivity index is 1.67. The number of hydrogen-bond donors (Lipinski definition) is 0. The average Bonchev–Trinajstić information content (AvgIpc) is 3.39. The molecule has 0 saturated heterocycles. The highest BCUT2D eigenvalue weighted by molar-refractivity contribution is 7.12. The first kappa shape index (κ1) is 18.0. The van der Waals surface area contributed by atoms with Crippen molar-refractivity contribution in [1.29, 1.82) is 0 Å². The number of fused-ring (bicyclic) bond motifs is 3. The molecule has 0 spiro atoms. The van der Waals surface area contributed by atoms with Crippen molar-refractivity contribution in [2.75, 3.05) is 0 Å². The molecule has 1 aliphatic carbocycles. The maximum atomic E-state index is 13.1. The van der Waals surface area contributed by atoms with E-state index in [0.717, 1.165) is 50.9 Å². The first-order valence-corrected chi connectivity index (χ1v) is 10.7. The fraction of sp³-hybridized carbons (Fsp3) is 0.208. The van der Waals surface area contributed by atoms with Crippen LogP contribution >= 0.6 is 11.3 Å². The molecule has 0 bridgehead atoms. The summed E-state index contributed by atoms with van der Waals surface area (Å²) in [7, 11) is 0. The minimum atomic E-state index is 0.0767. The van der Waals surface area contributed by atoms with Gasteiger partial charge in [0, 0.05) is 22.1 Å². The van der Waals surface area contributed by atoms with E-state index in [2.05, 4.69) is 50.4 Å². The van der Waals surface area contributed by atoms with Crippen LogP contribution in [0.3, 0.4) is 0 Å². The smallest absolute Gasteiger partial charge is 0.211 e. The Morgan fingerprint density at radius 3 is 2.48 bits per heavy atom. The molecule has 0 atom stereocenters. The third-order valence-corrected chi connectivity index (χ3v) is 6.05. The largest absolute Gasteiger partial charge is 0.288 e. The minimum absolute atomic E-state index is 0.0767. The van der Waals surface area contributed by atoms with E-state index in [1.54, 1.807) is 11.3 Å². The molecule has 4 nitrogen and oxygen atoms in total. The molecule has 1 aliphatic rings. The Kier molecular flexibility index (Phi) is 4.21. The van der Waals surface area contributed by atoms with Gasteiger partial charge < -0.3 is 0 Å². The summed E-state index contributed by atoms with van der Waals surface area (Å²) >= 11 is 1.55. The first-order chi connectivity index (χ1) is 14.0. The molecule has 2 aromatic carbocycles. The molecule has 0 fully saturated rings. The number of carbonyl (C=O) groups excluding carboxylic acids is 1. The molecule has 4 aromatic rings. The number of hydrogen-bond acceptors (Lipinski definition) is 4. The molecule has 0 aliphatic heterocycles. The van der Waals surface area contributed by atoms with Crippen LogP contribution < -0.4 is 0 Å². The number of carbonyl (C=O) groups is 1. The number of benzene rings is 2. The van der Waals surface area contributed by atoms with Crippen LogP contribution in [0.4, 0.5) is 0 Å². The van der Waals surface area contributed by atoms with E-state index in [-0.39, 0.29) is 5.78 Å². The van der Waals surface area contributed by atoms with Crippen molar-refractivity contribution in [2.45, 2.75) is 27.2 Å². The van der Waals surface area contributed by atoms with Gasteiger partial charge in [0.25, 0.3) is 0 Å². The van der Waals surface area contributed by atoms with Crippen LogP contribution in [0.2, 0.25) is 0 Å². The van der Waals surface area contributed by atoms with Gasteiger partial charge in [0.15, 0.2) is 5.78 Å². The highest BCUT2D eigenvalue weighted by Crippen LogP contribution is 2.41. The van der Waals surface area contributed by atoms with Crippen molar-refractivity contribution < 1.29 is 4.79 Å². The zero-order valence-electron chi connectivity index (χ0n) is 16.6. The highest BCUT2D eigenvalue weighted by atomic mass is 32.1. The van der Waals surface area contributed by atoms with E-state index in [9.17, 15) is 4.79 Å². The first-order valence-electron chi connectivity index (χ1n) is 9.82. The zero-order chi connectivity index (χ0) is 20.1. The Hall–Kier alpha value is -3.05. The molecule has 0 radical (unpaired) electrons. The average molecular weight is 400 g/mol. The van der Waals surface area contributed by atoms with Gasteiger partial charge in [0.2, 0.25) is 5.13 Å². The van der Waals surface area contributed by atoms with Crippen LogP contribution in [0.15, 0.2) is 53.9 Å². The summed E-state index contributed by atoms with van der Waals surface area (Å²) in [4.78, 5) is 18.0. The van der Waals surface area contributed by atoms with Gasteiger partial charge in [-0.05, 0) is 19.3 Å². The number of rotatable bonds is 4. The number of ketones is 1. The number of aryl methyl sites for hydroxylation is 1. The predicted molar refractivity (Wildman–Crippen MR) is 117 cm³/mol. The maximum absolute atomic E-state index is 13.1. The molecule has 0 saturated carbocycles. The van der Waals surface area contributed by atoms with E-state index in [1.165, 1.54) is 5.56 Å². The lowest BCUT2D eigenvalue weighted by Gasteiger charge is -2.04. The minimum Gasteiger partial charge on any atom is -0.288 e. The summed E-state index contributed by atoms with van der Waals surface area (Å²) in [5.41, 5.74) is 7.43. The Labute approximate surface area is 173 Å². The van der Waals surface area contributed by atoms with Gasteiger partial charge in [-0.15, -0.1) is 11.3 Å². The monoisotopic (exact) mass is 399 g/mol. The summed E-state index contributed by atoms with van der Waals surface area (Å²) in [6.07, 6.45) is 0.769. The van der Waals surface area contributed by atoms with E-state index < -0.39 is 0 Å². The molecular weight excluding hydrogens is 378 g/mol. The number of nitrogens with zero attached hydrogens (tertiary/aromatic N) is 3. The molecule has 0 N–H and O–H groups in total. The predicted octanol–water partition coefficient (Wildman–Crippen LogP) is 5.71. The summed E-state index contributed by atoms with van der Waals surface area (Å²) in [5, 5.41) is 7.70. The second-order valence-corrected chi connectivity index (χ2v) is 8.77. The third kappa shape index (κ3) is 2.93. The summed E-state index contributed by atoms with van der Waals surface area (Å²) < 4.78 is 1.87. The Morgan fingerprint density at radius 2 is 1.76 bits per heavy atom. The van der Waals surface area contributed by atoms with E-state index in [4.69, 9.17) is 10.1 Å². The molecule has 2 heterocycles. The zero-order valence-corrected chi connectivity index (χ0v) is 17.5. The van der Waals surface area contributed by atoms with Crippen molar-refractivity contribution in [1.82, 2.24) is 14.8 Å². The highest BCUT2D eigenvalue weighted by Gasteiger charge is 2.35. The molecule has 5 rings (SSSR count). The van der Waals surface area contributed by atoms with Crippen molar-refractivity contribution in [3.05, 3.63) is 76.3 Å². The fourth-order valence-electron chi connectivity index (χ4n) is 3.86. The van der Waals surface area contributed by atoms with Crippen LogP contribution in [0.1, 0.15) is 41.0 Å². The van der Waals surface area contributed by atoms with Crippen LogP contribution in [-0.4, -0.2) is 20.5 Å². The van der Waals surface area contributed by atoms with E-state index in [1.807, 2.05) is 28.9 Å². The number of thiazole rings is 1. The quantitative estimate of drug-likeness (QED) is 0.389. The van der Waals surface area contributed by atoms with Gasteiger partial charge >= 0.3 is 0 Å². The molecule has 0 amide bonds. The molecule has 2 aromatic heterocycles. The maximum Gasteiger partial charge on any atom is 0.211 e. The van der Waals surface area contributed by atoms with Gasteiger partial charge in [-0.2, -0.15) is 5.10 Å². The van der Waals surface area contributed by atoms with Gasteiger partial charge in [-0.1, -0.05) is 67.9 Å². The van der Waals surface area contributed by atoms with Crippen molar-refractivity contribution in [3.8, 4) is 27.6 Å². The lowest BCUT2D eigenvalue weighted by molar-refractivity contribution is 0.104. The standard InChI is InChI=1S/C24H21N3OS/c1-14(2)12-19-21-22(17-6-4-5-7-18(17)23(21)28)27(26-19)24-25-20(13-29-24)16-10-8-15(3)9-11-16/h4-11,13-14H,12H2,1-3H3. The van der Waals surface area contributed by atoms with Crippen LogP contribution in [0.5, 0.6) is 0 Å². The van der Waals surface area contributed by atoms with Crippen LogP contribution in [-0.2, 0) is 6.42 Å². The topological polar surface area (TPSA) is 47.8 Å². The molecule has 0 unspecified atom stereocenters. The van der Waals surface area contributed by atoms with Gasteiger partial charge in [-0.3, -0.25) is 4.79 Å². The van der Waals surface area contributed by atoms with Gasteiger partial charge in [-0.25, -0.2) is 9.67 Å². The van der Waals surface area contributed by atoms with Crippen molar-refractivity contribution in [2.24, 2.45) is 5.92 Å². The second kappa shape index (κ2) is 6.78.